The molecule has 0 unspecified atom stereocenters. The van der Waals surface area contributed by atoms with E-state index < -0.39 is 5.97 Å². The Kier molecular flexibility index (Phi) is 8.36. The van der Waals surface area contributed by atoms with Crippen LogP contribution in [0.1, 0.15) is 21.5 Å². The molecule has 0 aliphatic rings. The standard InChI is InChI=1S/C20H20N2O4S/c1-25-11-10-22-19(23)13-26-20(24)17-4-2-3-5-18(17)27-14-16-8-6-15(12-21)7-9-16/h2-9H,10-11,13-14H2,1H3,(H,22,23). The average Bonchev–Trinajstić information content (AvgIpc) is 2.71. The van der Waals surface area contributed by atoms with Gasteiger partial charge in [-0.2, -0.15) is 5.26 Å². The van der Waals surface area contributed by atoms with Crippen LogP contribution in [-0.2, 0) is 20.0 Å². The second-order valence-electron chi connectivity index (χ2n) is 5.51. The average molecular weight is 384 g/mol. The number of nitrogens with one attached hydrogen (secondary N) is 1. The Bertz CT molecular complexity index is 815. The highest BCUT2D eigenvalue weighted by atomic mass is 32.2. The zero-order valence-corrected chi connectivity index (χ0v) is 15.8. The van der Waals surface area contributed by atoms with Crippen LogP contribution in [0.2, 0.25) is 0 Å². The monoisotopic (exact) mass is 384 g/mol. The zero-order chi connectivity index (χ0) is 19.5. The summed E-state index contributed by atoms with van der Waals surface area (Å²) in [4.78, 5) is 24.7. The van der Waals surface area contributed by atoms with Crippen molar-refractivity contribution in [1.82, 2.24) is 5.32 Å². The van der Waals surface area contributed by atoms with Gasteiger partial charge in [-0.3, -0.25) is 4.79 Å². The van der Waals surface area contributed by atoms with Crippen LogP contribution < -0.4 is 5.32 Å². The maximum Gasteiger partial charge on any atom is 0.339 e. The Morgan fingerprint density at radius 1 is 1.15 bits per heavy atom. The minimum Gasteiger partial charge on any atom is -0.452 e. The number of thioether (sulfide) groups is 1. The molecule has 2 aromatic carbocycles. The first-order valence-corrected chi connectivity index (χ1v) is 9.26. The number of benzene rings is 2. The van der Waals surface area contributed by atoms with Crippen molar-refractivity contribution in [2.24, 2.45) is 0 Å². The summed E-state index contributed by atoms with van der Waals surface area (Å²) in [6, 6.07) is 16.5. The third-order valence-corrected chi connectivity index (χ3v) is 4.69. The van der Waals surface area contributed by atoms with Crippen molar-refractivity contribution in [2.75, 3.05) is 26.9 Å². The largest absolute Gasteiger partial charge is 0.452 e. The fraction of sp³-hybridized carbons (Fsp3) is 0.250. The van der Waals surface area contributed by atoms with Crippen LogP contribution in [0, 0.1) is 11.3 Å². The number of hydrogen-bond acceptors (Lipinski definition) is 6. The number of methoxy groups -OCH3 is 1. The van der Waals surface area contributed by atoms with Gasteiger partial charge in [-0.1, -0.05) is 24.3 Å². The lowest BCUT2D eigenvalue weighted by Crippen LogP contribution is -2.31. The number of hydrogen-bond donors (Lipinski definition) is 1. The van der Waals surface area contributed by atoms with E-state index >= 15 is 0 Å². The fourth-order valence-corrected chi connectivity index (χ4v) is 3.15. The van der Waals surface area contributed by atoms with E-state index in [1.807, 2.05) is 24.3 Å². The van der Waals surface area contributed by atoms with E-state index in [0.717, 1.165) is 10.5 Å². The van der Waals surface area contributed by atoms with Gasteiger partial charge in [0.15, 0.2) is 6.61 Å². The molecule has 0 aromatic heterocycles. The number of carbonyl (C=O) groups excluding carboxylic acids is 2. The normalized spacial score (nSPS) is 10.1. The highest BCUT2D eigenvalue weighted by Crippen LogP contribution is 2.27. The lowest BCUT2D eigenvalue weighted by Gasteiger charge is -2.10. The molecule has 2 aromatic rings. The highest BCUT2D eigenvalue weighted by molar-refractivity contribution is 7.98. The van der Waals surface area contributed by atoms with Gasteiger partial charge in [0.2, 0.25) is 0 Å². The summed E-state index contributed by atoms with van der Waals surface area (Å²) in [5.41, 5.74) is 2.07. The maximum atomic E-state index is 12.3. The molecule has 7 heteroatoms. The van der Waals surface area contributed by atoms with Crippen LogP contribution in [0.3, 0.4) is 0 Å². The van der Waals surface area contributed by atoms with Gasteiger partial charge in [0, 0.05) is 24.3 Å². The summed E-state index contributed by atoms with van der Waals surface area (Å²) >= 11 is 1.49. The van der Waals surface area contributed by atoms with E-state index in [2.05, 4.69) is 11.4 Å². The number of esters is 1. The van der Waals surface area contributed by atoms with E-state index in [-0.39, 0.29) is 12.5 Å². The van der Waals surface area contributed by atoms with Gasteiger partial charge in [0.25, 0.3) is 5.91 Å². The smallest absolute Gasteiger partial charge is 0.339 e. The zero-order valence-electron chi connectivity index (χ0n) is 14.9. The predicted molar refractivity (Wildman–Crippen MR) is 102 cm³/mol. The number of rotatable bonds is 9. The molecule has 0 fully saturated rings. The van der Waals surface area contributed by atoms with Gasteiger partial charge in [-0.15, -0.1) is 11.8 Å². The number of nitriles is 1. The molecule has 140 valence electrons. The maximum absolute atomic E-state index is 12.3. The Morgan fingerprint density at radius 2 is 1.89 bits per heavy atom. The van der Waals surface area contributed by atoms with Gasteiger partial charge in [0.05, 0.1) is 23.8 Å². The van der Waals surface area contributed by atoms with Crippen LogP contribution in [0.25, 0.3) is 0 Å². The van der Waals surface area contributed by atoms with E-state index in [1.54, 1.807) is 31.4 Å². The van der Waals surface area contributed by atoms with E-state index in [0.29, 0.717) is 30.0 Å². The van der Waals surface area contributed by atoms with Crippen molar-refractivity contribution >= 4 is 23.6 Å². The first-order valence-electron chi connectivity index (χ1n) is 8.27. The number of ether oxygens (including phenoxy) is 2. The van der Waals surface area contributed by atoms with Crippen molar-refractivity contribution in [3.05, 3.63) is 65.2 Å². The van der Waals surface area contributed by atoms with Crippen molar-refractivity contribution in [2.45, 2.75) is 10.6 Å². The lowest BCUT2D eigenvalue weighted by atomic mass is 10.2. The van der Waals surface area contributed by atoms with Crippen LogP contribution in [-0.4, -0.2) is 38.7 Å². The summed E-state index contributed by atoms with van der Waals surface area (Å²) < 4.78 is 9.94. The Hall–Kier alpha value is -2.82. The van der Waals surface area contributed by atoms with Crippen LogP contribution >= 0.6 is 11.8 Å². The molecule has 27 heavy (non-hydrogen) atoms. The molecule has 0 saturated heterocycles. The molecule has 0 saturated carbocycles. The topological polar surface area (TPSA) is 88.4 Å². The first kappa shape index (κ1) is 20.5. The molecular weight excluding hydrogens is 364 g/mol. The summed E-state index contributed by atoms with van der Waals surface area (Å²) in [5, 5.41) is 11.4. The molecule has 2 rings (SSSR count). The van der Waals surface area contributed by atoms with Gasteiger partial charge in [-0.25, -0.2) is 4.79 Å². The molecule has 0 atom stereocenters. The third kappa shape index (κ3) is 6.77. The second kappa shape index (κ2) is 11.0. The molecule has 1 amide bonds. The van der Waals surface area contributed by atoms with E-state index in [9.17, 15) is 9.59 Å². The lowest BCUT2D eigenvalue weighted by molar-refractivity contribution is -0.124. The van der Waals surface area contributed by atoms with Crippen LogP contribution in [0.15, 0.2) is 53.4 Å². The molecule has 0 bridgehead atoms. The Morgan fingerprint density at radius 3 is 2.59 bits per heavy atom. The highest BCUT2D eigenvalue weighted by Gasteiger charge is 2.14. The minimum atomic E-state index is -0.542. The van der Waals surface area contributed by atoms with Crippen molar-refractivity contribution < 1.29 is 19.1 Å². The van der Waals surface area contributed by atoms with Crippen molar-refractivity contribution in [3.63, 3.8) is 0 Å². The van der Waals surface area contributed by atoms with Gasteiger partial charge >= 0.3 is 5.97 Å². The van der Waals surface area contributed by atoms with Crippen LogP contribution in [0.4, 0.5) is 0 Å². The molecule has 1 N–H and O–H groups in total. The van der Waals surface area contributed by atoms with Gasteiger partial charge < -0.3 is 14.8 Å². The molecule has 0 radical (unpaired) electrons. The summed E-state index contributed by atoms with van der Waals surface area (Å²) in [5.74, 6) is -0.268. The van der Waals surface area contributed by atoms with Crippen molar-refractivity contribution in [3.8, 4) is 6.07 Å². The minimum absolute atomic E-state index is 0.336. The number of amides is 1. The second-order valence-corrected chi connectivity index (χ2v) is 6.53. The quantitative estimate of drug-likeness (QED) is 0.406. The molecular formula is C20H20N2O4S. The van der Waals surface area contributed by atoms with Gasteiger partial charge in [-0.05, 0) is 29.8 Å². The van der Waals surface area contributed by atoms with Crippen molar-refractivity contribution in [1.29, 1.82) is 5.26 Å². The summed E-state index contributed by atoms with van der Waals surface area (Å²) in [6.07, 6.45) is 0. The molecule has 6 nitrogen and oxygen atoms in total. The van der Waals surface area contributed by atoms with Crippen LogP contribution in [0.5, 0.6) is 0 Å². The molecule has 0 heterocycles. The molecule has 0 aliphatic heterocycles. The van der Waals surface area contributed by atoms with Gasteiger partial charge in [0.1, 0.15) is 0 Å². The number of carbonyl (C=O) groups is 2. The first-order chi connectivity index (χ1) is 13.1. The third-order valence-electron chi connectivity index (χ3n) is 3.55. The SMILES string of the molecule is COCCNC(=O)COC(=O)c1ccccc1SCc1ccc(C#N)cc1. The molecule has 0 spiro atoms. The van der Waals surface area contributed by atoms with E-state index in [1.165, 1.54) is 11.8 Å². The predicted octanol–water partition coefficient (Wildman–Crippen LogP) is 2.77. The summed E-state index contributed by atoms with van der Waals surface area (Å²) in [6.45, 7) is 0.426. The summed E-state index contributed by atoms with van der Waals surface area (Å²) in [7, 11) is 1.54. The molecule has 0 aliphatic carbocycles. The fourth-order valence-electron chi connectivity index (χ4n) is 2.15. The van der Waals surface area contributed by atoms with E-state index in [4.69, 9.17) is 14.7 Å². The Labute approximate surface area is 162 Å². The number of nitrogens with zero attached hydrogens (tertiary/aromatic N) is 1. The Balaban J connectivity index is 1.92.